The molecule has 0 heterocycles. The third kappa shape index (κ3) is 55.1. The minimum absolute atomic E-state index is 0.0926. The number of carbonyl (C=O) groups is 3. The highest BCUT2D eigenvalue weighted by molar-refractivity contribution is 5.71. The van der Waals surface area contributed by atoms with Gasteiger partial charge in [0, 0.05) is 19.3 Å². The van der Waals surface area contributed by atoms with Crippen LogP contribution in [0.4, 0.5) is 0 Å². The van der Waals surface area contributed by atoms with Gasteiger partial charge < -0.3 is 14.2 Å². The SMILES string of the molecule is CC\C=C/C=C\C=C/C=C\C=C\C=C/C=C\CCCCCC(=O)OCC(COC(=O)CCCCCCCCCCCCCCCCC)OC(=O)CCCCCCCCC/C=C\CCCCCCCC. The summed E-state index contributed by atoms with van der Waals surface area (Å²) in [4.78, 5) is 38.2. The minimum atomic E-state index is -0.799. The molecular formula is C63H106O6. The fourth-order valence-electron chi connectivity index (χ4n) is 7.95. The van der Waals surface area contributed by atoms with Crippen LogP contribution in [0.1, 0.15) is 265 Å². The molecule has 0 saturated heterocycles. The average Bonchev–Trinajstić information content (AvgIpc) is 3.35. The van der Waals surface area contributed by atoms with Gasteiger partial charge in [0.25, 0.3) is 0 Å². The van der Waals surface area contributed by atoms with Crippen LogP contribution >= 0.6 is 0 Å². The lowest BCUT2D eigenvalue weighted by Gasteiger charge is -2.18. The van der Waals surface area contributed by atoms with E-state index < -0.39 is 6.10 Å². The Bertz CT molecular complexity index is 1380. The van der Waals surface area contributed by atoms with E-state index in [1.54, 1.807) is 0 Å². The van der Waals surface area contributed by atoms with Crippen molar-refractivity contribution in [3.63, 3.8) is 0 Å². The maximum Gasteiger partial charge on any atom is 0.306 e. The fourth-order valence-corrected chi connectivity index (χ4v) is 7.95. The molecule has 0 aromatic carbocycles. The van der Waals surface area contributed by atoms with Crippen molar-refractivity contribution in [2.45, 2.75) is 271 Å². The number of hydrogen-bond donors (Lipinski definition) is 0. The molecule has 0 fully saturated rings. The molecule has 394 valence electrons. The largest absolute Gasteiger partial charge is 0.462 e. The van der Waals surface area contributed by atoms with Crippen LogP contribution in [0.25, 0.3) is 0 Å². The van der Waals surface area contributed by atoms with Crippen molar-refractivity contribution in [1.82, 2.24) is 0 Å². The van der Waals surface area contributed by atoms with Crippen LogP contribution < -0.4 is 0 Å². The summed E-state index contributed by atoms with van der Waals surface area (Å²) in [6.45, 7) is 6.46. The Morgan fingerprint density at radius 3 is 0.942 bits per heavy atom. The Morgan fingerprint density at radius 2 is 0.580 bits per heavy atom. The molecule has 0 amide bonds. The van der Waals surface area contributed by atoms with Crippen molar-refractivity contribution in [3.05, 3.63) is 97.2 Å². The lowest BCUT2D eigenvalue weighted by atomic mass is 10.0. The summed E-state index contributed by atoms with van der Waals surface area (Å²) in [5.74, 6) is -0.937. The molecule has 0 aliphatic heterocycles. The van der Waals surface area contributed by atoms with Gasteiger partial charge in [0.1, 0.15) is 13.2 Å². The van der Waals surface area contributed by atoms with E-state index in [4.69, 9.17) is 14.2 Å². The Labute approximate surface area is 426 Å². The highest BCUT2D eigenvalue weighted by Gasteiger charge is 2.19. The van der Waals surface area contributed by atoms with Gasteiger partial charge in [0.15, 0.2) is 6.10 Å². The first-order chi connectivity index (χ1) is 34.0. The van der Waals surface area contributed by atoms with Gasteiger partial charge in [-0.25, -0.2) is 0 Å². The van der Waals surface area contributed by atoms with Gasteiger partial charge in [-0.3, -0.25) is 14.4 Å². The van der Waals surface area contributed by atoms with Gasteiger partial charge in [-0.1, -0.05) is 279 Å². The van der Waals surface area contributed by atoms with E-state index in [-0.39, 0.29) is 31.1 Å². The monoisotopic (exact) mass is 959 g/mol. The number of esters is 3. The molecule has 0 rings (SSSR count). The van der Waals surface area contributed by atoms with Crippen LogP contribution in [0.5, 0.6) is 0 Å². The zero-order valence-electron chi connectivity index (χ0n) is 45.0. The van der Waals surface area contributed by atoms with Crippen molar-refractivity contribution < 1.29 is 28.6 Å². The molecule has 0 aromatic rings. The lowest BCUT2D eigenvalue weighted by molar-refractivity contribution is -0.167. The van der Waals surface area contributed by atoms with E-state index >= 15 is 0 Å². The van der Waals surface area contributed by atoms with E-state index in [0.29, 0.717) is 19.3 Å². The van der Waals surface area contributed by atoms with Gasteiger partial charge in [-0.2, -0.15) is 0 Å². The van der Waals surface area contributed by atoms with Crippen LogP contribution in [0, 0.1) is 0 Å². The standard InChI is InChI=1S/C63H106O6/c1-4-7-10-13-16-19-22-25-28-30-31-33-35-38-41-44-47-50-53-56-62(65)68-59-60(58-67-61(64)55-52-49-46-43-40-37-34-27-24-21-18-15-12-9-6-3)69-63(66)57-54-51-48-45-42-39-36-32-29-26-23-20-17-14-11-8-5-2/h7,10,13,16,19,22,25-26,28-31,33,35,38,41,60H,4-6,8-9,11-12,14-15,17-18,20-21,23-24,27,32,34,36-37,39-40,42-59H2,1-3H3/b10-7-,16-13-,22-19-,28-25-,29-26-,31-30+,35-33-,41-38-. The first-order valence-electron chi connectivity index (χ1n) is 28.8. The molecule has 0 saturated carbocycles. The second-order valence-corrected chi connectivity index (χ2v) is 19.0. The predicted molar refractivity (Wildman–Crippen MR) is 297 cm³/mol. The third-order valence-electron chi connectivity index (χ3n) is 12.3. The average molecular weight is 960 g/mol. The topological polar surface area (TPSA) is 78.9 Å². The van der Waals surface area contributed by atoms with Crippen LogP contribution in [-0.4, -0.2) is 37.2 Å². The molecule has 0 radical (unpaired) electrons. The van der Waals surface area contributed by atoms with E-state index in [1.807, 2.05) is 72.9 Å². The first-order valence-corrected chi connectivity index (χ1v) is 28.8. The van der Waals surface area contributed by atoms with E-state index in [1.165, 1.54) is 154 Å². The number of unbranched alkanes of at least 4 members (excludes halogenated alkanes) is 30. The van der Waals surface area contributed by atoms with Gasteiger partial charge in [-0.05, 0) is 64.2 Å². The number of rotatable bonds is 51. The van der Waals surface area contributed by atoms with Gasteiger partial charge >= 0.3 is 17.9 Å². The molecule has 0 aromatic heterocycles. The highest BCUT2D eigenvalue weighted by atomic mass is 16.6. The number of hydrogen-bond acceptors (Lipinski definition) is 6. The minimum Gasteiger partial charge on any atom is -0.462 e. The summed E-state index contributed by atoms with van der Waals surface area (Å²) < 4.78 is 16.8. The van der Waals surface area contributed by atoms with Crippen molar-refractivity contribution in [2.24, 2.45) is 0 Å². The Balaban J connectivity index is 4.49. The first kappa shape index (κ1) is 65.3. The zero-order chi connectivity index (χ0) is 50.0. The Hall–Kier alpha value is -3.67. The van der Waals surface area contributed by atoms with Crippen molar-refractivity contribution >= 4 is 17.9 Å². The molecule has 0 N–H and O–H groups in total. The second-order valence-electron chi connectivity index (χ2n) is 19.0. The van der Waals surface area contributed by atoms with Gasteiger partial charge in [0.05, 0.1) is 0 Å². The molecule has 0 aliphatic rings. The molecular weight excluding hydrogens is 853 g/mol. The Kier molecular flexibility index (Phi) is 53.9. The molecule has 0 aliphatic carbocycles. The van der Waals surface area contributed by atoms with Crippen LogP contribution in [-0.2, 0) is 28.6 Å². The van der Waals surface area contributed by atoms with E-state index in [2.05, 4.69) is 45.1 Å². The third-order valence-corrected chi connectivity index (χ3v) is 12.3. The molecule has 1 unspecified atom stereocenters. The molecule has 0 bridgehead atoms. The van der Waals surface area contributed by atoms with Crippen LogP contribution in [0.15, 0.2) is 97.2 Å². The summed E-state index contributed by atoms with van der Waals surface area (Å²) in [6.07, 6.45) is 75.3. The Morgan fingerprint density at radius 1 is 0.304 bits per heavy atom. The maximum absolute atomic E-state index is 12.9. The van der Waals surface area contributed by atoms with E-state index in [0.717, 1.165) is 70.6 Å². The normalized spacial score (nSPS) is 12.8. The van der Waals surface area contributed by atoms with E-state index in [9.17, 15) is 14.4 Å². The molecule has 1 atom stereocenters. The predicted octanol–water partition coefficient (Wildman–Crippen LogP) is 19.3. The van der Waals surface area contributed by atoms with Crippen LogP contribution in [0.2, 0.25) is 0 Å². The smallest absolute Gasteiger partial charge is 0.306 e. The van der Waals surface area contributed by atoms with Crippen LogP contribution in [0.3, 0.4) is 0 Å². The summed E-state index contributed by atoms with van der Waals surface area (Å²) in [5, 5.41) is 0. The molecule has 6 nitrogen and oxygen atoms in total. The van der Waals surface area contributed by atoms with Crippen molar-refractivity contribution in [2.75, 3.05) is 13.2 Å². The van der Waals surface area contributed by atoms with Gasteiger partial charge in [-0.15, -0.1) is 0 Å². The molecule has 6 heteroatoms. The highest BCUT2D eigenvalue weighted by Crippen LogP contribution is 2.16. The second kappa shape index (κ2) is 56.9. The number of carbonyl (C=O) groups excluding carboxylic acids is 3. The zero-order valence-corrected chi connectivity index (χ0v) is 45.0. The maximum atomic E-state index is 12.9. The molecule has 69 heavy (non-hydrogen) atoms. The van der Waals surface area contributed by atoms with Crippen molar-refractivity contribution in [3.8, 4) is 0 Å². The number of allylic oxidation sites excluding steroid dienone is 16. The fraction of sp³-hybridized carbons (Fsp3) is 0.698. The molecule has 0 spiro atoms. The lowest BCUT2D eigenvalue weighted by Crippen LogP contribution is -2.30. The summed E-state index contributed by atoms with van der Waals surface area (Å²) >= 11 is 0. The summed E-state index contributed by atoms with van der Waals surface area (Å²) in [6, 6.07) is 0. The summed E-state index contributed by atoms with van der Waals surface area (Å²) in [5.41, 5.74) is 0. The quantitative estimate of drug-likeness (QED) is 0.0199. The summed E-state index contributed by atoms with van der Waals surface area (Å²) in [7, 11) is 0. The number of ether oxygens (including phenoxy) is 3. The van der Waals surface area contributed by atoms with Gasteiger partial charge in [0.2, 0.25) is 0 Å². The van der Waals surface area contributed by atoms with Crippen molar-refractivity contribution in [1.29, 1.82) is 0 Å².